The zero-order chi connectivity index (χ0) is 16.1. The van der Waals surface area contributed by atoms with Crippen LogP contribution in [0, 0.1) is 6.92 Å². The van der Waals surface area contributed by atoms with E-state index in [0.717, 1.165) is 43.7 Å². The van der Waals surface area contributed by atoms with E-state index < -0.39 is 0 Å². The summed E-state index contributed by atoms with van der Waals surface area (Å²) >= 11 is 0. The molecule has 0 aliphatic heterocycles. The van der Waals surface area contributed by atoms with Crippen molar-refractivity contribution < 1.29 is 5.11 Å². The van der Waals surface area contributed by atoms with Crippen LogP contribution in [0.4, 0.5) is 11.8 Å². The second kappa shape index (κ2) is 7.42. The second-order valence-corrected chi connectivity index (χ2v) is 6.21. The third kappa shape index (κ3) is 4.66. The van der Waals surface area contributed by atoms with Crippen molar-refractivity contribution in [3.63, 3.8) is 0 Å². The Hall–Kier alpha value is -2.14. The topological polar surface area (TPSA) is 70.1 Å². The summed E-state index contributed by atoms with van der Waals surface area (Å²) in [4.78, 5) is 9.04. The van der Waals surface area contributed by atoms with Crippen LogP contribution in [-0.2, 0) is 6.54 Å². The van der Waals surface area contributed by atoms with Gasteiger partial charge in [0.2, 0.25) is 5.95 Å². The van der Waals surface area contributed by atoms with E-state index >= 15 is 0 Å². The summed E-state index contributed by atoms with van der Waals surface area (Å²) in [6.45, 7) is 2.72. The highest BCUT2D eigenvalue weighted by atomic mass is 16.3. The molecule has 5 nitrogen and oxygen atoms in total. The van der Waals surface area contributed by atoms with Gasteiger partial charge in [0.25, 0.3) is 0 Å². The van der Waals surface area contributed by atoms with E-state index in [2.05, 4.69) is 32.7 Å². The minimum absolute atomic E-state index is 0.144. The number of aliphatic hydroxyl groups is 1. The lowest BCUT2D eigenvalue weighted by molar-refractivity contribution is 0.126. The van der Waals surface area contributed by atoms with Crippen molar-refractivity contribution in [3.8, 4) is 0 Å². The van der Waals surface area contributed by atoms with Gasteiger partial charge in [-0.2, -0.15) is 4.98 Å². The van der Waals surface area contributed by atoms with E-state index in [1.807, 2.05) is 31.2 Å². The molecule has 1 aromatic heterocycles. The Morgan fingerprint density at radius 2 is 1.83 bits per heavy atom. The number of hydrogen-bond acceptors (Lipinski definition) is 5. The number of nitrogens with zero attached hydrogens (tertiary/aromatic N) is 2. The van der Waals surface area contributed by atoms with Crippen LogP contribution >= 0.6 is 0 Å². The van der Waals surface area contributed by atoms with Crippen molar-refractivity contribution in [1.29, 1.82) is 0 Å². The van der Waals surface area contributed by atoms with Crippen molar-refractivity contribution in [2.75, 3.05) is 10.6 Å². The van der Waals surface area contributed by atoms with Gasteiger partial charge >= 0.3 is 0 Å². The summed E-state index contributed by atoms with van der Waals surface area (Å²) in [5.74, 6) is 1.50. The molecule has 5 heteroatoms. The van der Waals surface area contributed by atoms with Crippen LogP contribution in [0.1, 0.15) is 36.9 Å². The molecule has 0 saturated heterocycles. The van der Waals surface area contributed by atoms with E-state index in [1.165, 1.54) is 5.56 Å². The van der Waals surface area contributed by atoms with Gasteiger partial charge in [0.15, 0.2) is 0 Å². The third-order valence-electron chi connectivity index (χ3n) is 4.20. The van der Waals surface area contributed by atoms with Crippen LogP contribution in [0.25, 0.3) is 0 Å². The number of nitrogens with one attached hydrogen (secondary N) is 2. The Bertz CT molecular complexity index is 624. The molecule has 0 unspecified atom stereocenters. The van der Waals surface area contributed by atoms with E-state index in [9.17, 15) is 5.11 Å². The van der Waals surface area contributed by atoms with E-state index in [-0.39, 0.29) is 6.10 Å². The molecule has 0 spiro atoms. The van der Waals surface area contributed by atoms with Crippen molar-refractivity contribution in [3.05, 3.63) is 47.7 Å². The van der Waals surface area contributed by atoms with Gasteiger partial charge in [0, 0.05) is 24.3 Å². The number of aryl methyl sites for hydroxylation is 1. The Kier molecular flexibility index (Phi) is 5.08. The van der Waals surface area contributed by atoms with E-state index in [4.69, 9.17) is 0 Å². The smallest absolute Gasteiger partial charge is 0.225 e. The first-order chi connectivity index (χ1) is 11.2. The minimum Gasteiger partial charge on any atom is -0.393 e. The zero-order valence-corrected chi connectivity index (χ0v) is 13.5. The summed E-state index contributed by atoms with van der Waals surface area (Å²) < 4.78 is 0. The summed E-state index contributed by atoms with van der Waals surface area (Å²) in [5.41, 5.74) is 2.16. The molecule has 0 bridgehead atoms. The first-order valence-corrected chi connectivity index (χ1v) is 8.27. The molecule has 1 fully saturated rings. The number of rotatable bonds is 5. The second-order valence-electron chi connectivity index (χ2n) is 6.21. The molecule has 1 aromatic carbocycles. The average Bonchev–Trinajstić information content (AvgIpc) is 2.56. The summed E-state index contributed by atoms with van der Waals surface area (Å²) in [6.07, 6.45) is 3.48. The molecule has 0 amide bonds. The quantitative estimate of drug-likeness (QED) is 0.791. The number of anilines is 2. The molecule has 122 valence electrons. The van der Waals surface area contributed by atoms with Crippen molar-refractivity contribution >= 4 is 11.8 Å². The zero-order valence-electron chi connectivity index (χ0n) is 13.5. The van der Waals surface area contributed by atoms with Gasteiger partial charge in [-0.3, -0.25) is 0 Å². The molecule has 2 aromatic rings. The van der Waals surface area contributed by atoms with Gasteiger partial charge in [0.1, 0.15) is 5.82 Å². The third-order valence-corrected chi connectivity index (χ3v) is 4.20. The fourth-order valence-electron chi connectivity index (χ4n) is 2.91. The summed E-state index contributed by atoms with van der Waals surface area (Å²) in [7, 11) is 0. The molecule has 3 N–H and O–H groups in total. The summed E-state index contributed by atoms with van der Waals surface area (Å²) in [5, 5.41) is 16.4. The van der Waals surface area contributed by atoms with Crippen molar-refractivity contribution in [2.24, 2.45) is 0 Å². The van der Waals surface area contributed by atoms with Gasteiger partial charge in [0.05, 0.1) is 6.10 Å². The Labute approximate surface area is 137 Å². The Balaban J connectivity index is 1.62. The Morgan fingerprint density at radius 3 is 2.57 bits per heavy atom. The molecule has 3 rings (SSSR count). The first-order valence-electron chi connectivity index (χ1n) is 8.27. The normalized spacial score (nSPS) is 21.0. The monoisotopic (exact) mass is 312 g/mol. The van der Waals surface area contributed by atoms with Crippen LogP contribution in [0.15, 0.2) is 36.4 Å². The molecule has 0 radical (unpaired) electrons. The van der Waals surface area contributed by atoms with Crippen LogP contribution in [0.2, 0.25) is 0 Å². The lowest BCUT2D eigenvalue weighted by Crippen LogP contribution is -2.29. The van der Waals surface area contributed by atoms with Crippen LogP contribution in [-0.4, -0.2) is 27.2 Å². The molecule has 0 atom stereocenters. The SMILES string of the molecule is Cc1cc(NCc2ccccc2)nc(NC2CCC(O)CC2)n1. The standard InChI is InChI=1S/C18H24N4O/c1-13-11-17(19-12-14-5-3-2-4-6-14)22-18(20-13)21-15-7-9-16(23)10-8-15/h2-6,11,15-16,23H,7-10,12H2,1H3,(H2,19,20,21,22). The first kappa shape index (κ1) is 15.7. The van der Waals surface area contributed by atoms with Gasteiger partial charge in [-0.25, -0.2) is 4.98 Å². The number of hydrogen-bond donors (Lipinski definition) is 3. The number of benzene rings is 1. The van der Waals surface area contributed by atoms with E-state index in [0.29, 0.717) is 12.0 Å². The van der Waals surface area contributed by atoms with Crippen molar-refractivity contribution in [1.82, 2.24) is 9.97 Å². The minimum atomic E-state index is -0.144. The highest BCUT2D eigenvalue weighted by Gasteiger charge is 2.20. The predicted octanol–water partition coefficient (Wildman–Crippen LogP) is 3.11. The molecule has 1 aliphatic rings. The largest absolute Gasteiger partial charge is 0.393 e. The molecule has 1 heterocycles. The van der Waals surface area contributed by atoms with Crippen molar-refractivity contribution in [2.45, 2.75) is 51.3 Å². The number of aliphatic hydroxyl groups excluding tert-OH is 1. The maximum atomic E-state index is 9.59. The molecular formula is C18H24N4O. The maximum absolute atomic E-state index is 9.59. The number of aromatic nitrogens is 2. The van der Waals surface area contributed by atoms with Crippen LogP contribution < -0.4 is 10.6 Å². The molecule has 23 heavy (non-hydrogen) atoms. The van der Waals surface area contributed by atoms with Crippen LogP contribution in [0.5, 0.6) is 0 Å². The van der Waals surface area contributed by atoms with Gasteiger partial charge in [-0.1, -0.05) is 30.3 Å². The highest BCUT2D eigenvalue weighted by molar-refractivity contribution is 5.43. The van der Waals surface area contributed by atoms with Gasteiger partial charge < -0.3 is 15.7 Å². The molecule has 1 aliphatic carbocycles. The average molecular weight is 312 g/mol. The predicted molar refractivity (Wildman–Crippen MR) is 92.4 cm³/mol. The van der Waals surface area contributed by atoms with E-state index in [1.54, 1.807) is 0 Å². The lowest BCUT2D eigenvalue weighted by atomic mass is 9.93. The lowest BCUT2D eigenvalue weighted by Gasteiger charge is -2.26. The highest BCUT2D eigenvalue weighted by Crippen LogP contribution is 2.21. The van der Waals surface area contributed by atoms with Gasteiger partial charge in [-0.05, 0) is 38.2 Å². The fraction of sp³-hybridized carbons (Fsp3) is 0.444. The Morgan fingerprint density at radius 1 is 1.09 bits per heavy atom. The van der Waals surface area contributed by atoms with Crippen LogP contribution in [0.3, 0.4) is 0 Å². The fourth-order valence-corrected chi connectivity index (χ4v) is 2.91. The van der Waals surface area contributed by atoms with Gasteiger partial charge in [-0.15, -0.1) is 0 Å². The molecular weight excluding hydrogens is 288 g/mol. The maximum Gasteiger partial charge on any atom is 0.225 e. The molecule has 1 saturated carbocycles. The summed E-state index contributed by atoms with van der Waals surface area (Å²) in [6, 6.07) is 12.6.